The van der Waals surface area contributed by atoms with E-state index in [0.29, 0.717) is 0 Å². The molecule has 2 rings (SSSR count). The number of hydrogen-bond donors (Lipinski definition) is 1. The summed E-state index contributed by atoms with van der Waals surface area (Å²) in [5.41, 5.74) is 0.287. The second kappa shape index (κ2) is 5.53. The minimum absolute atomic E-state index is 0.152. The molecule has 0 radical (unpaired) electrons. The first kappa shape index (κ1) is 14.4. The van der Waals surface area contributed by atoms with Crippen molar-refractivity contribution in [1.82, 2.24) is 5.32 Å². The summed E-state index contributed by atoms with van der Waals surface area (Å²) in [7, 11) is 0. The molecule has 1 fully saturated rings. The predicted molar refractivity (Wildman–Crippen MR) is 73.0 cm³/mol. The summed E-state index contributed by atoms with van der Waals surface area (Å²) in [6.07, 6.45) is -0.850. The summed E-state index contributed by atoms with van der Waals surface area (Å²) >= 11 is 0. The van der Waals surface area contributed by atoms with Gasteiger partial charge in [-0.05, 0) is 26.3 Å². The van der Waals surface area contributed by atoms with Crippen LogP contribution in [0.2, 0.25) is 0 Å². The van der Waals surface area contributed by atoms with E-state index in [9.17, 15) is 9.59 Å². The Hall–Kier alpha value is -2.04. The van der Waals surface area contributed by atoms with Crippen LogP contribution in [0.1, 0.15) is 38.9 Å². The molecule has 5 heteroatoms. The molecule has 1 saturated heterocycles. The van der Waals surface area contributed by atoms with Crippen molar-refractivity contribution in [3.05, 3.63) is 35.9 Å². The molecule has 1 aliphatic rings. The number of rotatable bonds is 2. The topological polar surface area (TPSA) is 64.6 Å². The summed E-state index contributed by atoms with van der Waals surface area (Å²) in [5, 5.41) is 2.71. The second-order valence-corrected chi connectivity index (χ2v) is 5.78. The molecule has 1 N–H and O–H groups in total. The zero-order valence-corrected chi connectivity index (χ0v) is 11.9. The van der Waals surface area contributed by atoms with E-state index in [1.807, 2.05) is 30.3 Å². The van der Waals surface area contributed by atoms with E-state index < -0.39 is 23.8 Å². The molecule has 1 heterocycles. The number of cyclic esters (lactones) is 1. The molecule has 2 atom stereocenters. The van der Waals surface area contributed by atoms with E-state index in [-0.39, 0.29) is 12.4 Å². The zero-order chi connectivity index (χ0) is 14.8. The Bertz CT molecular complexity index is 492. The summed E-state index contributed by atoms with van der Waals surface area (Å²) in [6, 6.07) is 8.95. The normalized spacial score (nSPS) is 22.2. The first-order valence-corrected chi connectivity index (χ1v) is 6.59. The van der Waals surface area contributed by atoms with E-state index in [1.165, 1.54) is 0 Å². The maximum absolute atomic E-state index is 11.8. The van der Waals surface area contributed by atoms with Gasteiger partial charge in [0.2, 0.25) is 0 Å². The lowest BCUT2D eigenvalue weighted by molar-refractivity contribution is -0.141. The van der Waals surface area contributed by atoms with Crippen molar-refractivity contribution in [2.75, 3.05) is 0 Å². The lowest BCUT2D eigenvalue weighted by atomic mass is 10.0. The first-order chi connectivity index (χ1) is 9.35. The van der Waals surface area contributed by atoms with Crippen LogP contribution in [0.25, 0.3) is 0 Å². The van der Waals surface area contributed by atoms with Gasteiger partial charge in [0, 0.05) is 0 Å². The van der Waals surface area contributed by atoms with Gasteiger partial charge in [0.25, 0.3) is 0 Å². The number of carbonyl (C=O) groups is 2. The predicted octanol–water partition coefficient (Wildman–Crippen LogP) is 2.57. The Morgan fingerprint density at radius 1 is 1.30 bits per heavy atom. The zero-order valence-electron chi connectivity index (χ0n) is 11.9. The molecule has 0 aromatic heterocycles. The monoisotopic (exact) mass is 277 g/mol. The van der Waals surface area contributed by atoms with Gasteiger partial charge in [0.05, 0.1) is 12.5 Å². The minimum atomic E-state index is -0.574. The van der Waals surface area contributed by atoms with Gasteiger partial charge in [0.1, 0.15) is 11.7 Å². The molecule has 1 aliphatic heterocycles. The molecule has 5 nitrogen and oxygen atoms in total. The van der Waals surface area contributed by atoms with E-state index >= 15 is 0 Å². The van der Waals surface area contributed by atoms with Crippen LogP contribution in [0.5, 0.6) is 0 Å². The molecule has 108 valence electrons. The maximum Gasteiger partial charge on any atom is 0.408 e. The Labute approximate surface area is 118 Å². The van der Waals surface area contributed by atoms with Crippen molar-refractivity contribution in [1.29, 1.82) is 0 Å². The van der Waals surface area contributed by atoms with Gasteiger partial charge in [-0.1, -0.05) is 30.3 Å². The molecule has 2 unspecified atom stereocenters. The van der Waals surface area contributed by atoms with Crippen LogP contribution in [-0.2, 0) is 14.3 Å². The highest BCUT2D eigenvalue weighted by Gasteiger charge is 2.37. The van der Waals surface area contributed by atoms with E-state index in [2.05, 4.69) is 5.32 Å². The largest absolute Gasteiger partial charge is 0.455 e. The van der Waals surface area contributed by atoms with Crippen LogP contribution < -0.4 is 5.32 Å². The Kier molecular flexibility index (Phi) is 3.97. The van der Waals surface area contributed by atoms with Crippen LogP contribution in [-0.4, -0.2) is 23.7 Å². The quantitative estimate of drug-likeness (QED) is 0.844. The van der Waals surface area contributed by atoms with Crippen LogP contribution in [0, 0.1) is 0 Å². The summed E-state index contributed by atoms with van der Waals surface area (Å²) < 4.78 is 10.5. The smallest absolute Gasteiger partial charge is 0.408 e. The van der Waals surface area contributed by atoms with Crippen molar-refractivity contribution >= 4 is 12.1 Å². The first-order valence-electron chi connectivity index (χ1n) is 6.59. The highest BCUT2D eigenvalue weighted by molar-refractivity contribution is 5.76. The number of esters is 1. The molecule has 0 spiro atoms. The third kappa shape index (κ3) is 3.73. The third-order valence-electron chi connectivity index (χ3n) is 2.84. The molecule has 0 aliphatic carbocycles. The van der Waals surface area contributed by atoms with Gasteiger partial charge in [-0.3, -0.25) is 4.79 Å². The number of carbonyl (C=O) groups excluding carboxylic acids is 2. The number of ether oxygens (including phenoxy) is 2. The number of nitrogens with one attached hydrogen (secondary N) is 1. The van der Waals surface area contributed by atoms with Crippen molar-refractivity contribution in [3.63, 3.8) is 0 Å². The van der Waals surface area contributed by atoms with Gasteiger partial charge >= 0.3 is 12.1 Å². The number of amides is 1. The summed E-state index contributed by atoms with van der Waals surface area (Å²) in [5.74, 6) is -0.320. The van der Waals surface area contributed by atoms with Crippen molar-refractivity contribution in [2.24, 2.45) is 0 Å². The molecule has 20 heavy (non-hydrogen) atoms. The van der Waals surface area contributed by atoms with Crippen molar-refractivity contribution in [3.8, 4) is 0 Å². The molecular formula is C15H19NO4. The SMILES string of the molecule is CC(C)(C)OC(=O)NC1CC(=O)OC1c1ccccc1. The number of alkyl carbamates (subject to hydrolysis) is 1. The van der Waals surface area contributed by atoms with Gasteiger partial charge < -0.3 is 14.8 Å². The van der Waals surface area contributed by atoms with Crippen LogP contribution in [0.3, 0.4) is 0 Å². The van der Waals surface area contributed by atoms with Crippen molar-refractivity contribution in [2.45, 2.75) is 44.9 Å². The highest BCUT2D eigenvalue weighted by atomic mass is 16.6. The Morgan fingerprint density at radius 2 is 1.95 bits per heavy atom. The molecule has 1 aromatic rings. The lowest BCUT2D eigenvalue weighted by Crippen LogP contribution is -2.40. The Balaban J connectivity index is 2.06. The molecule has 1 amide bonds. The molecule has 0 bridgehead atoms. The fourth-order valence-corrected chi connectivity index (χ4v) is 2.09. The second-order valence-electron chi connectivity index (χ2n) is 5.78. The van der Waals surface area contributed by atoms with Crippen LogP contribution in [0.4, 0.5) is 4.79 Å². The van der Waals surface area contributed by atoms with E-state index in [1.54, 1.807) is 20.8 Å². The molecule has 1 aromatic carbocycles. The number of benzene rings is 1. The fourth-order valence-electron chi connectivity index (χ4n) is 2.09. The summed E-state index contributed by atoms with van der Waals surface area (Å²) in [4.78, 5) is 23.3. The van der Waals surface area contributed by atoms with Gasteiger partial charge in [-0.15, -0.1) is 0 Å². The maximum atomic E-state index is 11.8. The standard InChI is InChI=1S/C15H19NO4/c1-15(2,3)20-14(18)16-11-9-12(17)19-13(11)10-7-5-4-6-8-10/h4-8,11,13H,9H2,1-3H3,(H,16,18). The van der Waals surface area contributed by atoms with E-state index in [0.717, 1.165) is 5.56 Å². The van der Waals surface area contributed by atoms with Gasteiger partial charge in [-0.25, -0.2) is 4.79 Å². The van der Waals surface area contributed by atoms with Gasteiger partial charge in [0.15, 0.2) is 0 Å². The minimum Gasteiger partial charge on any atom is -0.455 e. The van der Waals surface area contributed by atoms with Crippen LogP contribution >= 0.6 is 0 Å². The lowest BCUT2D eigenvalue weighted by Gasteiger charge is -2.23. The average Bonchev–Trinajstić information content (AvgIpc) is 2.68. The van der Waals surface area contributed by atoms with Crippen molar-refractivity contribution < 1.29 is 19.1 Å². The Morgan fingerprint density at radius 3 is 2.55 bits per heavy atom. The molecule has 0 saturated carbocycles. The number of hydrogen-bond acceptors (Lipinski definition) is 4. The summed E-state index contributed by atoms with van der Waals surface area (Å²) in [6.45, 7) is 5.37. The highest BCUT2D eigenvalue weighted by Crippen LogP contribution is 2.30. The van der Waals surface area contributed by atoms with Gasteiger partial charge in [-0.2, -0.15) is 0 Å². The third-order valence-corrected chi connectivity index (χ3v) is 2.84. The van der Waals surface area contributed by atoms with Crippen LogP contribution in [0.15, 0.2) is 30.3 Å². The molecular weight excluding hydrogens is 258 g/mol. The average molecular weight is 277 g/mol. The fraction of sp³-hybridized carbons (Fsp3) is 0.467. The van der Waals surface area contributed by atoms with E-state index in [4.69, 9.17) is 9.47 Å².